The van der Waals surface area contributed by atoms with E-state index in [0.717, 1.165) is 12.8 Å². The predicted molar refractivity (Wildman–Crippen MR) is 59.1 cm³/mol. The first-order chi connectivity index (χ1) is 6.88. The molecule has 92 valence electrons. The highest BCUT2D eigenvalue weighted by atomic mass is 28.4. The molecule has 0 heterocycles. The minimum atomic E-state index is -4.66. The van der Waals surface area contributed by atoms with E-state index < -0.39 is 23.8 Å². The van der Waals surface area contributed by atoms with Crippen molar-refractivity contribution in [2.75, 3.05) is 0 Å². The minimum Gasteiger partial charge on any atom is -0.410 e. The largest absolute Gasteiger partial charge is 0.537 e. The van der Waals surface area contributed by atoms with Gasteiger partial charge in [-0.2, -0.15) is 0 Å². The van der Waals surface area contributed by atoms with Crippen molar-refractivity contribution in [2.24, 2.45) is 0 Å². The molecule has 0 amide bonds. The fourth-order valence-corrected chi connectivity index (χ4v) is 3.61. The van der Waals surface area contributed by atoms with Crippen molar-refractivity contribution >= 4 is 18.3 Å². The summed E-state index contributed by atoms with van der Waals surface area (Å²) < 4.78 is 25.3. The van der Waals surface area contributed by atoms with Crippen molar-refractivity contribution in [1.82, 2.24) is 0 Å². The first-order valence-electron chi connectivity index (χ1n) is 5.33. The van der Waals surface area contributed by atoms with Gasteiger partial charge in [0.05, 0.1) is 0 Å². The average molecular weight is 258 g/mol. The van der Waals surface area contributed by atoms with Gasteiger partial charge in [-0.1, -0.05) is 26.2 Å². The van der Waals surface area contributed by atoms with E-state index in [-0.39, 0.29) is 12.5 Å². The van der Waals surface area contributed by atoms with E-state index >= 15 is 0 Å². The van der Waals surface area contributed by atoms with E-state index in [4.69, 9.17) is 14.4 Å². The van der Waals surface area contributed by atoms with Crippen molar-refractivity contribution in [3.05, 3.63) is 0 Å². The number of halogens is 2. The highest BCUT2D eigenvalue weighted by Crippen LogP contribution is 2.30. The highest BCUT2D eigenvalue weighted by Gasteiger charge is 2.41. The molecular formula is C8H20F2O3Si2. The Morgan fingerprint density at radius 3 is 2.27 bits per heavy atom. The summed E-state index contributed by atoms with van der Waals surface area (Å²) in [5, 5.41) is 0. The van der Waals surface area contributed by atoms with Gasteiger partial charge >= 0.3 is 18.3 Å². The lowest BCUT2D eigenvalue weighted by Gasteiger charge is -2.20. The summed E-state index contributed by atoms with van der Waals surface area (Å²) in [6.45, 7) is 1.99. The molecule has 3 nitrogen and oxygen atoms in total. The van der Waals surface area contributed by atoms with Crippen LogP contribution < -0.4 is 0 Å². The number of unbranched alkanes of at least 4 members (excludes halogenated alkanes) is 2. The molecule has 0 radical (unpaired) electrons. The molecule has 2 unspecified atom stereocenters. The molecule has 0 spiro atoms. The van der Waals surface area contributed by atoms with Crippen LogP contribution in [0.5, 0.6) is 0 Å². The zero-order valence-corrected chi connectivity index (χ0v) is 11.1. The van der Waals surface area contributed by atoms with Gasteiger partial charge in [-0.15, -0.1) is 0 Å². The van der Waals surface area contributed by atoms with Gasteiger partial charge in [-0.05, 0) is 18.9 Å². The van der Waals surface area contributed by atoms with E-state index in [9.17, 15) is 8.22 Å². The molecule has 0 aromatic carbocycles. The second-order valence-corrected chi connectivity index (χ2v) is 7.38. The Morgan fingerprint density at radius 1 is 1.27 bits per heavy atom. The maximum atomic E-state index is 13.0. The summed E-state index contributed by atoms with van der Waals surface area (Å²) in [4.78, 5) is 26.4. The van der Waals surface area contributed by atoms with Crippen LogP contribution in [0.25, 0.3) is 0 Å². The molecule has 0 bridgehead atoms. The fraction of sp³-hybridized carbons (Fsp3) is 1.00. The molecule has 0 aromatic rings. The van der Waals surface area contributed by atoms with E-state index in [1.54, 1.807) is 0 Å². The molecule has 0 aliphatic carbocycles. The standard InChI is InChI=1S/C8H20F2O3Si2/c1-2-3-4-5-8(15(10,12)13)6-7-14(9)11/h8,11-14H,2-7H2,1H3. The second-order valence-electron chi connectivity index (χ2n) is 3.84. The van der Waals surface area contributed by atoms with Crippen LogP contribution in [-0.2, 0) is 0 Å². The van der Waals surface area contributed by atoms with Gasteiger partial charge in [-0.3, -0.25) is 4.11 Å². The summed E-state index contributed by atoms with van der Waals surface area (Å²) in [6.07, 6.45) is 2.99. The second kappa shape index (κ2) is 7.45. The maximum Gasteiger partial charge on any atom is 0.537 e. The molecule has 0 fully saturated rings. The smallest absolute Gasteiger partial charge is 0.410 e. The SMILES string of the molecule is CCCCCC(CC[SiH](O)F)[Si](O)(O)F. The van der Waals surface area contributed by atoms with Crippen LogP contribution in [-0.4, -0.2) is 32.7 Å². The van der Waals surface area contributed by atoms with E-state index in [2.05, 4.69) is 0 Å². The Morgan fingerprint density at radius 2 is 1.87 bits per heavy atom. The summed E-state index contributed by atoms with van der Waals surface area (Å²) in [5.41, 5.74) is -0.859. The lowest BCUT2D eigenvalue weighted by molar-refractivity contribution is 0.259. The van der Waals surface area contributed by atoms with Crippen LogP contribution in [0.15, 0.2) is 0 Å². The Kier molecular flexibility index (Phi) is 7.53. The van der Waals surface area contributed by atoms with Crippen molar-refractivity contribution in [1.29, 1.82) is 0 Å². The predicted octanol–water partition coefficient (Wildman–Crippen LogP) is 1.40. The molecular weight excluding hydrogens is 238 g/mol. The number of hydrogen-bond donors (Lipinski definition) is 3. The topological polar surface area (TPSA) is 60.7 Å². The van der Waals surface area contributed by atoms with Gasteiger partial charge < -0.3 is 14.4 Å². The molecule has 15 heavy (non-hydrogen) atoms. The molecule has 7 heteroatoms. The lowest BCUT2D eigenvalue weighted by Crippen LogP contribution is -2.35. The van der Waals surface area contributed by atoms with Crippen molar-refractivity contribution in [3.8, 4) is 0 Å². The molecule has 0 saturated heterocycles. The van der Waals surface area contributed by atoms with E-state index in [1.165, 1.54) is 0 Å². The Balaban J connectivity index is 3.96. The summed E-state index contributed by atoms with van der Waals surface area (Å²) >= 11 is 0. The Labute approximate surface area is 92.1 Å². The summed E-state index contributed by atoms with van der Waals surface area (Å²) in [7, 11) is -7.87. The monoisotopic (exact) mass is 258 g/mol. The fourth-order valence-electron chi connectivity index (χ4n) is 1.49. The highest BCUT2D eigenvalue weighted by molar-refractivity contribution is 6.58. The zero-order chi connectivity index (χ0) is 11.9. The van der Waals surface area contributed by atoms with Crippen LogP contribution in [0.4, 0.5) is 8.22 Å². The lowest BCUT2D eigenvalue weighted by atomic mass is 10.1. The van der Waals surface area contributed by atoms with Gasteiger partial charge in [0, 0.05) is 5.54 Å². The van der Waals surface area contributed by atoms with Gasteiger partial charge in [0.1, 0.15) is 0 Å². The molecule has 0 aromatic heterocycles. The molecule has 3 N–H and O–H groups in total. The number of rotatable bonds is 8. The summed E-state index contributed by atoms with van der Waals surface area (Å²) in [5.74, 6) is 0. The molecule has 2 atom stereocenters. The number of hydrogen-bond acceptors (Lipinski definition) is 3. The third-order valence-corrected chi connectivity index (χ3v) is 4.85. The summed E-state index contributed by atoms with van der Waals surface area (Å²) in [6, 6.07) is -0.101. The molecule has 0 saturated carbocycles. The minimum absolute atomic E-state index is 0.0450. The van der Waals surface area contributed by atoms with Gasteiger partial charge in [0.25, 0.3) is 0 Å². The maximum absolute atomic E-state index is 13.0. The molecule has 0 aliphatic rings. The van der Waals surface area contributed by atoms with E-state index in [0.29, 0.717) is 12.8 Å². The Hall–Kier alpha value is 0.174. The van der Waals surface area contributed by atoms with Crippen LogP contribution in [0.1, 0.15) is 39.0 Å². The average Bonchev–Trinajstić information content (AvgIpc) is 2.08. The molecule has 0 aliphatic heterocycles. The van der Waals surface area contributed by atoms with Crippen LogP contribution in [0.2, 0.25) is 11.6 Å². The third kappa shape index (κ3) is 8.03. The first-order valence-corrected chi connectivity index (χ1v) is 8.95. The van der Waals surface area contributed by atoms with Gasteiger partial charge in [0.15, 0.2) is 0 Å². The van der Waals surface area contributed by atoms with Crippen LogP contribution >= 0.6 is 0 Å². The quantitative estimate of drug-likeness (QED) is 0.350. The van der Waals surface area contributed by atoms with Crippen molar-refractivity contribution in [3.63, 3.8) is 0 Å². The van der Waals surface area contributed by atoms with Gasteiger partial charge in [0.2, 0.25) is 0 Å². The van der Waals surface area contributed by atoms with Crippen LogP contribution in [0, 0.1) is 0 Å². The Bertz CT molecular complexity index is 164. The van der Waals surface area contributed by atoms with Crippen molar-refractivity contribution < 1.29 is 22.6 Å². The zero-order valence-electron chi connectivity index (χ0n) is 8.99. The van der Waals surface area contributed by atoms with Gasteiger partial charge in [-0.25, -0.2) is 4.11 Å². The van der Waals surface area contributed by atoms with Crippen LogP contribution in [0.3, 0.4) is 0 Å². The van der Waals surface area contributed by atoms with Crippen molar-refractivity contribution in [2.45, 2.75) is 50.6 Å². The van der Waals surface area contributed by atoms with E-state index in [1.807, 2.05) is 6.92 Å². The third-order valence-electron chi connectivity index (χ3n) is 2.43. The molecule has 0 rings (SSSR count). The first kappa shape index (κ1) is 15.2. The normalized spacial score (nSPS) is 16.4.